The molecule has 0 saturated heterocycles. The van der Waals surface area contributed by atoms with Gasteiger partial charge in [-0.3, -0.25) is 0 Å². The summed E-state index contributed by atoms with van der Waals surface area (Å²) in [6, 6.07) is 8.08. The van der Waals surface area contributed by atoms with E-state index >= 15 is 0 Å². The van der Waals surface area contributed by atoms with E-state index in [0.717, 1.165) is 36.1 Å². The molecule has 0 aromatic heterocycles. The maximum Gasteiger partial charge on any atom is 0.122 e. The van der Waals surface area contributed by atoms with Gasteiger partial charge in [-0.05, 0) is 70.2 Å². The molecule has 0 radical (unpaired) electrons. The zero-order chi connectivity index (χ0) is 15.2. The van der Waals surface area contributed by atoms with E-state index in [1.165, 1.54) is 0 Å². The monoisotopic (exact) mass is 275 g/mol. The van der Waals surface area contributed by atoms with Gasteiger partial charge in [0.25, 0.3) is 0 Å². The fraction of sp³-hybridized carbons (Fsp3) is 0.588. The van der Waals surface area contributed by atoms with Gasteiger partial charge in [0, 0.05) is 0 Å². The molecule has 0 bridgehead atoms. The van der Waals surface area contributed by atoms with Gasteiger partial charge in [-0.2, -0.15) is 5.26 Å². The summed E-state index contributed by atoms with van der Waals surface area (Å²) in [4.78, 5) is 0. The van der Waals surface area contributed by atoms with E-state index in [1.807, 2.05) is 39.0 Å². The van der Waals surface area contributed by atoms with E-state index in [2.05, 4.69) is 6.07 Å². The maximum absolute atomic E-state index is 9.52. The van der Waals surface area contributed by atoms with Crippen LogP contribution in [0.2, 0.25) is 0 Å². The Morgan fingerprint density at radius 3 is 2.60 bits per heavy atom. The highest BCUT2D eigenvalue weighted by atomic mass is 16.5. The van der Waals surface area contributed by atoms with Crippen molar-refractivity contribution in [1.29, 1.82) is 5.26 Å². The van der Waals surface area contributed by atoms with Crippen LogP contribution >= 0.6 is 0 Å². The molecular formula is C17H25NO2. The van der Waals surface area contributed by atoms with Crippen LogP contribution in [0.1, 0.15) is 57.3 Å². The molecule has 0 heterocycles. The minimum Gasteiger partial charge on any atom is -0.493 e. The minimum absolute atomic E-state index is 0.241. The van der Waals surface area contributed by atoms with Crippen molar-refractivity contribution in [3.05, 3.63) is 29.3 Å². The lowest BCUT2D eigenvalue weighted by Gasteiger charge is -2.15. The molecule has 1 N–H and O–H groups in total. The Kier molecular flexibility index (Phi) is 6.04. The molecule has 0 aliphatic carbocycles. The third kappa shape index (κ3) is 5.22. The zero-order valence-electron chi connectivity index (χ0n) is 12.9. The fourth-order valence-electron chi connectivity index (χ4n) is 2.00. The summed E-state index contributed by atoms with van der Waals surface area (Å²) in [5, 5.41) is 18.5. The third-order valence-electron chi connectivity index (χ3n) is 3.44. The molecule has 1 aromatic rings. The number of unbranched alkanes of at least 4 members (excludes halogenated alkanes) is 1. The number of aliphatic hydroxyl groups excluding tert-OH is 1. The number of rotatable bonds is 7. The van der Waals surface area contributed by atoms with Gasteiger partial charge < -0.3 is 9.84 Å². The summed E-state index contributed by atoms with van der Waals surface area (Å²) in [6.45, 7) is 8.34. The molecule has 0 aliphatic rings. The Morgan fingerprint density at radius 2 is 2.05 bits per heavy atom. The molecule has 110 valence electrons. The van der Waals surface area contributed by atoms with Gasteiger partial charge in [0.2, 0.25) is 0 Å². The quantitative estimate of drug-likeness (QED) is 0.761. The standard InChI is InChI=1S/C17H25NO2/c1-13-11-15(14(2)19)7-8-16(13)20-10-6-5-9-17(3,4)12-18/h7-8,11,14,19H,5-6,9-10H2,1-4H3. The van der Waals surface area contributed by atoms with Gasteiger partial charge in [-0.1, -0.05) is 6.07 Å². The minimum atomic E-state index is -0.448. The first-order valence-corrected chi connectivity index (χ1v) is 7.18. The lowest BCUT2D eigenvalue weighted by atomic mass is 9.89. The van der Waals surface area contributed by atoms with E-state index in [9.17, 15) is 5.11 Å². The number of benzene rings is 1. The molecule has 3 heteroatoms. The van der Waals surface area contributed by atoms with Crippen molar-refractivity contribution in [2.75, 3.05) is 6.61 Å². The van der Waals surface area contributed by atoms with E-state index in [4.69, 9.17) is 10.00 Å². The molecule has 1 atom stereocenters. The number of hydrogen-bond donors (Lipinski definition) is 1. The SMILES string of the molecule is Cc1cc(C(C)O)ccc1OCCCCC(C)(C)C#N. The van der Waals surface area contributed by atoms with Crippen LogP contribution in [-0.2, 0) is 0 Å². The van der Waals surface area contributed by atoms with Gasteiger partial charge in [0.05, 0.1) is 24.2 Å². The molecule has 0 amide bonds. The molecule has 20 heavy (non-hydrogen) atoms. The topological polar surface area (TPSA) is 53.2 Å². The highest BCUT2D eigenvalue weighted by molar-refractivity contribution is 5.36. The van der Waals surface area contributed by atoms with Crippen LogP contribution in [0.5, 0.6) is 5.75 Å². The summed E-state index contributed by atoms with van der Waals surface area (Å²) in [6.07, 6.45) is 2.39. The summed E-state index contributed by atoms with van der Waals surface area (Å²) in [5.41, 5.74) is 1.71. The number of ether oxygens (including phenoxy) is 1. The molecule has 0 fully saturated rings. The number of hydrogen-bond acceptors (Lipinski definition) is 3. The Morgan fingerprint density at radius 1 is 1.35 bits per heavy atom. The second kappa shape index (κ2) is 7.31. The molecule has 0 spiro atoms. The Labute approximate surface area is 122 Å². The predicted octanol–water partition coefficient (Wildman–Crippen LogP) is 4.15. The first-order chi connectivity index (χ1) is 9.35. The second-order valence-electron chi connectivity index (χ2n) is 6.00. The molecule has 0 saturated carbocycles. The van der Waals surface area contributed by atoms with Gasteiger partial charge in [0.15, 0.2) is 0 Å². The average molecular weight is 275 g/mol. The second-order valence-corrected chi connectivity index (χ2v) is 6.00. The predicted molar refractivity (Wildman–Crippen MR) is 80.6 cm³/mol. The molecular weight excluding hydrogens is 250 g/mol. The first-order valence-electron chi connectivity index (χ1n) is 7.18. The molecule has 1 aromatic carbocycles. The highest BCUT2D eigenvalue weighted by Crippen LogP contribution is 2.24. The van der Waals surface area contributed by atoms with E-state index in [0.29, 0.717) is 6.61 Å². The highest BCUT2D eigenvalue weighted by Gasteiger charge is 2.15. The average Bonchev–Trinajstić information content (AvgIpc) is 2.39. The Bertz CT molecular complexity index is 472. The van der Waals surface area contributed by atoms with Gasteiger partial charge >= 0.3 is 0 Å². The fourth-order valence-corrected chi connectivity index (χ4v) is 2.00. The van der Waals surface area contributed by atoms with Crippen molar-refractivity contribution >= 4 is 0 Å². The van der Waals surface area contributed by atoms with Crippen LogP contribution in [0.15, 0.2) is 18.2 Å². The number of aliphatic hydroxyl groups is 1. The van der Waals surface area contributed by atoms with Gasteiger partial charge in [0.1, 0.15) is 5.75 Å². The van der Waals surface area contributed by atoms with Crippen LogP contribution in [0.25, 0.3) is 0 Å². The van der Waals surface area contributed by atoms with Crippen molar-refractivity contribution in [3.63, 3.8) is 0 Å². The van der Waals surface area contributed by atoms with Crippen LogP contribution in [0, 0.1) is 23.7 Å². The van der Waals surface area contributed by atoms with Crippen LogP contribution in [-0.4, -0.2) is 11.7 Å². The van der Waals surface area contributed by atoms with Gasteiger partial charge in [-0.15, -0.1) is 0 Å². The van der Waals surface area contributed by atoms with Crippen LogP contribution in [0.4, 0.5) is 0 Å². The summed E-state index contributed by atoms with van der Waals surface area (Å²) in [5.74, 6) is 0.869. The molecule has 1 rings (SSSR count). The van der Waals surface area contributed by atoms with Crippen molar-refractivity contribution < 1.29 is 9.84 Å². The lowest BCUT2D eigenvalue weighted by molar-refractivity contribution is 0.199. The molecule has 1 unspecified atom stereocenters. The Hall–Kier alpha value is -1.53. The van der Waals surface area contributed by atoms with E-state index < -0.39 is 6.10 Å². The Balaban J connectivity index is 2.38. The molecule has 3 nitrogen and oxygen atoms in total. The maximum atomic E-state index is 9.52. The lowest BCUT2D eigenvalue weighted by Crippen LogP contribution is -2.08. The molecule has 0 aliphatic heterocycles. The van der Waals surface area contributed by atoms with E-state index in [1.54, 1.807) is 6.92 Å². The van der Waals surface area contributed by atoms with Crippen molar-refractivity contribution in [2.45, 2.75) is 53.1 Å². The first kappa shape index (κ1) is 16.5. The van der Waals surface area contributed by atoms with Crippen LogP contribution in [0.3, 0.4) is 0 Å². The summed E-state index contributed by atoms with van der Waals surface area (Å²) < 4.78 is 5.76. The van der Waals surface area contributed by atoms with Crippen molar-refractivity contribution in [2.24, 2.45) is 5.41 Å². The number of aryl methyl sites for hydroxylation is 1. The van der Waals surface area contributed by atoms with Crippen molar-refractivity contribution in [3.8, 4) is 11.8 Å². The number of nitrogens with zero attached hydrogens (tertiary/aromatic N) is 1. The van der Waals surface area contributed by atoms with E-state index in [-0.39, 0.29) is 5.41 Å². The zero-order valence-corrected chi connectivity index (χ0v) is 12.9. The number of nitriles is 1. The summed E-state index contributed by atoms with van der Waals surface area (Å²) >= 11 is 0. The summed E-state index contributed by atoms with van der Waals surface area (Å²) in [7, 11) is 0. The van der Waals surface area contributed by atoms with Crippen LogP contribution < -0.4 is 4.74 Å². The largest absolute Gasteiger partial charge is 0.493 e. The van der Waals surface area contributed by atoms with Gasteiger partial charge in [-0.25, -0.2) is 0 Å². The third-order valence-corrected chi connectivity index (χ3v) is 3.44. The normalized spacial score (nSPS) is 12.8. The smallest absolute Gasteiger partial charge is 0.122 e. The van der Waals surface area contributed by atoms with Crippen molar-refractivity contribution in [1.82, 2.24) is 0 Å².